The average molecular weight is 471 g/mol. The van der Waals surface area contributed by atoms with Crippen LogP contribution >= 0.6 is 0 Å². The van der Waals surface area contributed by atoms with Crippen molar-refractivity contribution >= 4 is 40.0 Å². The molecule has 6 rings (SSSR count). The van der Waals surface area contributed by atoms with Gasteiger partial charge in [-0.2, -0.15) is 9.97 Å². The summed E-state index contributed by atoms with van der Waals surface area (Å²) in [6, 6.07) is 12.7. The van der Waals surface area contributed by atoms with Crippen molar-refractivity contribution < 1.29 is 4.74 Å². The summed E-state index contributed by atoms with van der Waals surface area (Å²) in [6.45, 7) is 3.38. The number of morpholine rings is 1. The summed E-state index contributed by atoms with van der Waals surface area (Å²) in [5.41, 5.74) is 4.70. The summed E-state index contributed by atoms with van der Waals surface area (Å²) in [5.74, 6) is 1.23. The highest BCUT2D eigenvalue weighted by Gasteiger charge is 2.21. The zero-order valence-corrected chi connectivity index (χ0v) is 19.7. The summed E-state index contributed by atoms with van der Waals surface area (Å²) in [6.07, 6.45) is 11.6. The van der Waals surface area contributed by atoms with Crippen molar-refractivity contribution in [2.45, 2.75) is 38.1 Å². The number of rotatable bonds is 6. The molecule has 2 aliphatic rings. The highest BCUT2D eigenvalue weighted by Crippen LogP contribution is 2.33. The Bertz CT molecular complexity index is 1260. The number of imidazole rings is 1. The van der Waals surface area contributed by atoms with Crippen LogP contribution in [0, 0.1) is 0 Å². The molecular weight excluding hydrogens is 440 g/mol. The monoisotopic (exact) mass is 470 g/mol. The van der Waals surface area contributed by atoms with Crippen LogP contribution in [0.4, 0.5) is 28.8 Å². The highest BCUT2D eigenvalue weighted by atomic mass is 16.5. The van der Waals surface area contributed by atoms with Crippen molar-refractivity contribution in [3.05, 3.63) is 55.1 Å². The summed E-state index contributed by atoms with van der Waals surface area (Å²) in [4.78, 5) is 20.9. The lowest BCUT2D eigenvalue weighted by molar-refractivity contribution is 0.122. The Labute approximate surface area is 204 Å². The number of nitrogens with one attached hydrogen (secondary N) is 2. The minimum atomic E-state index is 0.429. The lowest BCUT2D eigenvalue weighted by atomic mass is 9.95. The van der Waals surface area contributed by atoms with E-state index in [0.29, 0.717) is 17.8 Å². The van der Waals surface area contributed by atoms with Gasteiger partial charge in [0.25, 0.3) is 0 Å². The average Bonchev–Trinajstić information content (AvgIpc) is 3.35. The van der Waals surface area contributed by atoms with Gasteiger partial charge in [-0.05, 0) is 49.2 Å². The molecule has 2 fully saturated rings. The van der Waals surface area contributed by atoms with Gasteiger partial charge in [-0.25, -0.2) is 4.98 Å². The SMILES string of the molecule is c1cc(Nc2nc(Nc3ccc(N4CCOCC4)cc3)c3ncn(C4CCCCC4)c3n2)ccn1. The van der Waals surface area contributed by atoms with Crippen LogP contribution in [0.15, 0.2) is 55.1 Å². The van der Waals surface area contributed by atoms with Gasteiger partial charge in [-0.15, -0.1) is 0 Å². The van der Waals surface area contributed by atoms with Crippen LogP contribution in [-0.2, 0) is 4.74 Å². The number of nitrogens with zero attached hydrogens (tertiary/aromatic N) is 6. The maximum atomic E-state index is 5.48. The Kier molecular flexibility index (Phi) is 6.15. The highest BCUT2D eigenvalue weighted by molar-refractivity contribution is 5.87. The number of anilines is 5. The third-order valence-corrected chi connectivity index (χ3v) is 6.83. The first-order valence-corrected chi connectivity index (χ1v) is 12.4. The van der Waals surface area contributed by atoms with Gasteiger partial charge in [0, 0.05) is 48.6 Å². The fourth-order valence-corrected chi connectivity index (χ4v) is 4.96. The summed E-state index contributed by atoms with van der Waals surface area (Å²) >= 11 is 0. The Morgan fingerprint density at radius 1 is 0.829 bits per heavy atom. The first kappa shape index (κ1) is 21.8. The van der Waals surface area contributed by atoms with E-state index in [9.17, 15) is 0 Å². The Hall–Kier alpha value is -3.72. The molecular formula is C26H30N8O. The van der Waals surface area contributed by atoms with Gasteiger partial charge >= 0.3 is 0 Å². The van der Waals surface area contributed by atoms with Crippen LogP contribution in [0.5, 0.6) is 0 Å². The molecule has 9 heteroatoms. The van der Waals surface area contributed by atoms with Crippen LogP contribution < -0.4 is 15.5 Å². The van der Waals surface area contributed by atoms with Crippen LogP contribution in [0.2, 0.25) is 0 Å². The molecule has 0 amide bonds. The molecule has 1 aliphatic carbocycles. The molecule has 0 bridgehead atoms. The lowest BCUT2D eigenvalue weighted by Crippen LogP contribution is -2.36. The molecule has 1 aliphatic heterocycles. The zero-order valence-electron chi connectivity index (χ0n) is 19.7. The first-order valence-electron chi connectivity index (χ1n) is 12.4. The van der Waals surface area contributed by atoms with E-state index in [2.05, 4.69) is 49.4 Å². The van der Waals surface area contributed by atoms with Crippen molar-refractivity contribution in [1.82, 2.24) is 24.5 Å². The van der Waals surface area contributed by atoms with Crippen LogP contribution in [0.1, 0.15) is 38.1 Å². The van der Waals surface area contributed by atoms with Crippen molar-refractivity contribution in [2.75, 3.05) is 41.8 Å². The predicted octanol–water partition coefficient (Wildman–Crippen LogP) is 5.05. The molecule has 1 saturated heterocycles. The quantitative estimate of drug-likeness (QED) is 0.404. The predicted molar refractivity (Wildman–Crippen MR) is 138 cm³/mol. The van der Waals surface area contributed by atoms with E-state index < -0.39 is 0 Å². The van der Waals surface area contributed by atoms with Gasteiger partial charge in [0.05, 0.1) is 19.5 Å². The van der Waals surface area contributed by atoms with E-state index in [0.717, 1.165) is 61.7 Å². The molecule has 1 saturated carbocycles. The van der Waals surface area contributed by atoms with Gasteiger partial charge in [-0.1, -0.05) is 19.3 Å². The third kappa shape index (κ3) is 4.77. The van der Waals surface area contributed by atoms with Crippen LogP contribution in [0.25, 0.3) is 11.2 Å². The molecule has 0 radical (unpaired) electrons. The normalized spacial score (nSPS) is 17.0. The number of fused-ring (bicyclic) bond motifs is 1. The van der Waals surface area contributed by atoms with Gasteiger partial charge < -0.3 is 24.8 Å². The maximum Gasteiger partial charge on any atom is 0.231 e. The number of ether oxygens (including phenoxy) is 1. The molecule has 3 aromatic heterocycles. The van der Waals surface area contributed by atoms with Crippen molar-refractivity contribution in [1.29, 1.82) is 0 Å². The third-order valence-electron chi connectivity index (χ3n) is 6.83. The molecule has 35 heavy (non-hydrogen) atoms. The molecule has 0 spiro atoms. The topological polar surface area (TPSA) is 93.0 Å². The van der Waals surface area contributed by atoms with Gasteiger partial charge in [0.15, 0.2) is 17.0 Å². The first-order chi connectivity index (χ1) is 17.3. The van der Waals surface area contributed by atoms with Crippen molar-refractivity contribution in [3.63, 3.8) is 0 Å². The number of benzene rings is 1. The molecule has 4 heterocycles. The van der Waals surface area contributed by atoms with Crippen LogP contribution in [-0.4, -0.2) is 50.8 Å². The van der Waals surface area contributed by atoms with Crippen molar-refractivity contribution in [3.8, 4) is 0 Å². The Morgan fingerprint density at radius 3 is 2.34 bits per heavy atom. The Balaban J connectivity index is 1.33. The standard InChI is InChI=1S/C26H30N8O/c1-2-4-22(5-3-1)34-18-28-23-24(31-26(32-25(23)34)30-20-10-12-27-13-11-20)29-19-6-8-21(9-7-19)33-14-16-35-17-15-33/h6-13,18,22H,1-5,14-17H2,(H2,27,29,30,31,32). The lowest BCUT2D eigenvalue weighted by Gasteiger charge is -2.28. The van der Waals surface area contributed by atoms with Gasteiger partial charge in [-0.3, -0.25) is 4.98 Å². The smallest absolute Gasteiger partial charge is 0.231 e. The molecule has 9 nitrogen and oxygen atoms in total. The minimum absolute atomic E-state index is 0.429. The van der Waals surface area contributed by atoms with E-state index in [1.165, 1.54) is 24.9 Å². The molecule has 4 aromatic rings. The van der Waals surface area contributed by atoms with E-state index in [4.69, 9.17) is 19.7 Å². The fraction of sp³-hybridized carbons (Fsp3) is 0.385. The molecule has 0 unspecified atom stereocenters. The van der Waals surface area contributed by atoms with E-state index in [1.807, 2.05) is 18.5 Å². The number of hydrogen-bond acceptors (Lipinski definition) is 8. The van der Waals surface area contributed by atoms with E-state index in [-0.39, 0.29) is 0 Å². The van der Waals surface area contributed by atoms with Crippen molar-refractivity contribution in [2.24, 2.45) is 0 Å². The largest absolute Gasteiger partial charge is 0.378 e. The number of aromatic nitrogens is 5. The number of pyridine rings is 1. The van der Waals surface area contributed by atoms with Gasteiger partial charge in [0.2, 0.25) is 5.95 Å². The number of hydrogen-bond donors (Lipinski definition) is 2. The maximum absolute atomic E-state index is 5.48. The second kappa shape index (κ2) is 9.87. The van der Waals surface area contributed by atoms with Crippen LogP contribution in [0.3, 0.4) is 0 Å². The second-order valence-electron chi connectivity index (χ2n) is 9.14. The molecule has 180 valence electrons. The molecule has 0 atom stereocenters. The van der Waals surface area contributed by atoms with E-state index >= 15 is 0 Å². The minimum Gasteiger partial charge on any atom is -0.378 e. The molecule has 2 N–H and O–H groups in total. The summed E-state index contributed by atoms with van der Waals surface area (Å²) < 4.78 is 7.71. The summed E-state index contributed by atoms with van der Waals surface area (Å²) in [5, 5.41) is 6.83. The molecule has 1 aromatic carbocycles. The fourth-order valence-electron chi connectivity index (χ4n) is 4.96. The zero-order chi connectivity index (χ0) is 23.5. The van der Waals surface area contributed by atoms with E-state index in [1.54, 1.807) is 12.4 Å². The summed E-state index contributed by atoms with van der Waals surface area (Å²) in [7, 11) is 0. The second-order valence-corrected chi connectivity index (χ2v) is 9.14. The Morgan fingerprint density at radius 2 is 1.57 bits per heavy atom. The van der Waals surface area contributed by atoms with Gasteiger partial charge in [0.1, 0.15) is 0 Å².